The lowest BCUT2D eigenvalue weighted by atomic mass is 9.85. The highest BCUT2D eigenvalue weighted by Crippen LogP contribution is 2.52. The van der Waals surface area contributed by atoms with Gasteiger partial charge in [-0.2, -0.15) is 18.2 Å². The number of ether oxygens (including phenoxy) is 1. The number of hydrogen-bond acceptors (Lipinski definition) is 5. The maximum atomic E-state index is 14.3. The zero-order chi connectivity index (χ0) is 25.5. The van der Waals surface area contributed by atoms with E-state index in [0.717, 1.165) is 6.26 Å². The fraction of sp³-hybridized carbons (Fsp3) is 0.375. The normalized spacial score (nSPS) is 24.9. The first-order valence-electron chi connectivity index (χ1n) is 10.8. The number of nitrogens with zero attached hydrogens (tertiary/aromatic N) is 1. The molecule has 188 valence electrons. The lowest BCUT2D eigenvalue weighted by molar-refractivity contribution is -0.260. The molecular weight excluding hydrogens is 508 g/mol. The minimum atomic E-state index is -4.75. The second kappa shape index (κ2) is 9.63. The second-order valence-electron chi connectivity index (χ2n) is 8.47. The number of aryl methyl sites for hydroxylation is 1. The average Bonchev–Trinajstić information content (AvgIpc) is 3.38. The lowest BCUT2D eigenvalue weighted by Crippen LogP contribution is -2.45. The van der Waals surface area contributed by atoms with E-state index in [9.17, 15) is 23.1 Å². The van der Waals surface area contributed by atoms with E-state index in [2.05, 4.69) is 5.32 Å². The number of aliphatic hydroxyl groups excluding tert-OH is 1. The number of hydroxylamine groups is 2. The molecule has 0 aliphatic carbocycles. The molecule has 3 atom stereocenters. The highest BCUT2D eigenvalue weighted by molar-refractivity contribution is 6.34. The van der Waals surface area contributed by atoms with Gasteiger partial charge in [-0.1, -0.05) is 35.3 Å². The van der Waals surface area contributed by atoms with Crippen LogP contribution in [0, 0.1) is 6.92 Å². The van der Waals surface area contributed by atoms with E-state index in [1.165, 1.54) is 29.3 Å². The van der Waals surface area contributed by atoms with Crippen molar-refractivity contribution in [3.8, 4) is 0 Å². The topological polar surface area (TPSA) is 71.0 Å². The molecule has 2 aromatic carbocycles. The lowest BCUT2D eigenvalue weighted by Gasteiger charge is -2.32. The second-order valence-corrected chi connectivity index (χ2v) is 9.35. The Kier molecular flexibility index (Phi) is 7.09. The molecule has 0 radical (unpaired) electrons. The maximum Gasteiger partial charge on any atom is 0.432 e. The van der Waals surface area contributed by atoms with E-state index in [4.69, 9.17) is 32.8 Å². The standard InChI is InChI=1S/C24H23Cl2F3N2O4/c1-3-31-22(33)20(12-35-31)30-21(32)19-5-4-14(6-13(19)2)15-10-23(34-11-15,24(27,28)29)16-7-17(25)9-18(26)8-16/h4-9,11,20,22,33H,3,10,12H2,1-2H3,(H,30,32). The first-order valence-corrected chi connectivity index (χ1v) is 11.6. The van der Waals surface area contributed by atoms with Gasteiger partial charge in [-0.15, -0.1) is 0 Å². The van der Waals surface area contributed by atoms with Crippen LogP contribution in [-0.4, -0.2) is 47.7 Å². The summed E-state index contributed by atoms with van der Waals surface area (Å²) in [6, 6.07) is 7.85. The van der Waals surface area contributed by atoms with E-state index >= 15 is 0 Å². The van der Waals surface area contributed by atoms with Gasteiger partial charge in [-0.25, -0.2) is 0 Å². The number of aliphatic hydroxyl groups is 1. The molecule has 2 aliphatic heterocycles. The van der Waals surface area contributed by atoms with Crippen molar-refractivity contribution in [2.75, 3.05) is 13.2 Å². The summed E-state index contributed by atoms with van der Waals surface area (Å²) in [6.45, 7) is 4.09. The molecule has 4 rings (SSSR count). The van der Waals surface area contributed by atoms with Crippen LogP contribution in [0.4, 0.5) is 13.2 Å². The Balaban J connectivity index is 1.55. The van der Waals surface area contributed by atoms with Crippen LogP contribution >= 0.6 is 23.2 Å². The average molecular weight is 531 g/mol. The highest BCUT2D eigenvalue weighted by atomic mass is 35.5. The molecular formula is C24H23Cl2F3N2O4. The number of carbonyl (C=O) groups is 1. The molecule has 1 saturated heterocycles. The summed E-state index contributed by atoms with van der Waals surface area (Å²) in [5.74, 6) is -0.422. The van der Waals surface area contributed by atoms with E-state index < -0.39 is 36.4 Å². The van der Waals surface area contributed by atoms with Gasteiger partial charge in [-0.05, 0) is 54.8 Å². The number of nitrogens with one attached hydrogen (secondary N) is 1. The van der Waals surface area contributed by atoms with Crippen LogP contribution in [-0.2, 0) is 15.2 Å². The number of hydrogen-bond donors (Lipinski definition) is 2. The van der Waals surface area contributed by atoms with Gasteiger partial charge in [0, 0.05) is 34.1 Å². The third-order valence-electron chi connectivity index (χ3n) is 6.17. The fourth-order valence-electron chi connectivity index (χ4n) is 4.28. The Hall–Kier alpha value is -2.30. The van der Waals surface area contributed by atoms with Gasteiger partial charge in [-0.3, -0.25) is 9.63 Å². The molecule has 0 aromatic heterocycles. The Morgan fingerprint density at radius 3 is 2.49 bits per heavy atom. The van der Waals surface area contributed by atoms with Crippen molar-refractivity contribution >= 4 is 34.7 Å². The van der Waals surface area contributed by atoms with Crippen LogP contribution in [0.2, 0.25) is 10.0 Å². The van der Waals surface area contributed by atoms with E-state index in [1.54, 1.807) is 19.1 Å². The number of alkyl halides is 3. The Labute approximate surface area is 210 Å². The number of rotatable bonds is 5. The van der Waals surface area contributed by atoms with Gasteiger partial charge in [0.15, 0.2) is 6.23 Å². The molecule has 2 aromatic rings. The summed E-state index contributed by atoms with van der Waals surface area (Å²) in [5, 5.41) is 14.4. The quantitative estimate of drug-likeness (QED) is 0.555. The first-order chi connectivity index (χ1) is 16.4. The summed E-state index contributed by atoms with van der Waals surface area (Å²) in [7, 11) is 0. The van der Waals surface area contributed by atoms with Crippen molar-refractivity contribution in [1.29, 1.82) is 0 Å². The summed E-state index contributed by atoms with van der Waals surface area (Å²) >= 11 is 11.9. The molecule has 2 N–H and O–H groups in total. The molecule has 1 amide bonds. The van der Waals surface area contributed by atoms with Crippen LogP contribution in [0.5, 0.6) is 0 Å². The Morgan fingerprint density at radius 2 is 1.91 bits per heavy atom. The fourth-order valence-corrected chi connectivity index (χ4v) is 4.81. The highest BCUT2D eigenvalue weighted by Gasteiger charge is 2.60. The number of likely N-dealkylation sites (N-methyl/N-ethyl adjacent to an activating group) is 1. The van der Waals surface area contributed by atoms with Gasteiger partial charge in [0.1, 0.15) is 0 Å². The Morgan fingerprint density at radius 1 is 1.23 bits per heavy atom. The number of benzene rings is 2. The van der Waals surface area contributed by atoms with E-state index in [0.29, 0.717) is 28.8 Å². The van der Waals surface area contributed by atoms with Crippen LogP contribution in [0.15, 0.2) is 42.7 Å². The van der Waals surface area contributed by atoms with Gasteiger partial charge in [0.2, 0.25) is 5.60 Å². The minimum Gasteiger partial charge on any atom is -0.480 e. The molecule has 0 bridgehead atoms. The van der Waals surface area contributed by atoms with Gasteiger partial charge in [0.05, 0.1) is 18.9 Å². The molecule has 0 spiro atoms. The van der Waals surface area contributed by atoms with E-state index in [1.807, 2.05) is 6.92 Å². The molecule has 1 fully saturated rings. The number of carbonyl (C=O) groups excluding carboxylic acids is 1. The summed E-state index contributed by atoms with van der Waals surface area (Å²) in [4.78, 5) is 18.1. The molecule has 3 unspecified atom stereocenters. The van der Waals surface area contributed by atoms with Crippen LogP contribution in [0.1, 0.15) is 40.4 Å². The van der Waals surface area contributed by atoms with Gasteiger partial charge in [0.25, 0.3) is 5.91 Å². The molecule has 6 nitrogen and oxygen atoms in total. The van der Waals surface area contributed by atoms with Crippen LogP contribution in [0.3, 0.4) is 0 Å². The molecule has 11 heteroatoms. The first kappa shape index (κ1) is 25.8. The maximum absolute atomic E-state index is 14.3. The number of amides is 1. The number of halogens is 5. The van der Waals surface area contributed by atoms with Crippen LogP contribution in [0.25, 0.3) is 5.57 Å². The third-order valence-corrected chi connectivity index (χ3v) is 6.61. The van der Waals surface area contributed by atoms with Gasteiger partial charge < -0.3 is 15.2 Å². The summed E-state index contributed by atoms with van der Waals surface area (Å²) in [5.41, 5.74) is -1.15. The predicted octanol–water partition coefficient (Wildman–Crippen LogP) is 5.20. The summed E-state index contributed by atoms with van der Waals surface area (Å²) in [6.07, 6.45) is -5.12. The monoisotopic (exact) mass is 530 g/mol. The third kappa shape index (κ3) is 4.88. The Bertz CT molecular complexity index is 1150. The van der Waals surface area contributed by atoms with Crippen LogP contribution < -0.4 is 5.32 Å². The largest absolute Gasteiger partial charge is 0.480 e. The van der Waals surface area contributed by atoms with Crippen molar-refractivity contribution in [2.24, 2.45) is 0 Å². The molecule has 2 heterocycles. The molecule has 35 heavy (non-hydrogen) atoms. The van der Waals surface area contributed by atoms with Crippen molar-refractivity contribution in [1.82, 2.24) is 10.4 Å². The van der Waals surface area contributed by atoms with Gasteiger partial charge >= 0.3 is 6.18 Å². The zero-order valence-electron chi connectivity index (χ0n) is 18.8. The zero-order valence-corrected chi connectivity index (χ0v) is 20.3. The SMILES string of the molecule is CCN1OCC(NC(=O)c2ccc(C3=COC(c4cc(Cl)cc(Cl)c4)(C(F)(F)F)C3)cc2C)C1O. The van der Waals surface area contributed by atoms with E-state index in [-0.39, 0.29) is 22.2 Å². The molecule has 0 saturated carbocycles. The predicted molar refractivity (Wildman–Crippen MR) is 125 cm³/mol. The summed E-state index contributed by atoms with van der Waals surface area (Å²) < 4.78 is 48.0. The smallest absolute Gasteiger partial charge is 0.432 e. The van der Waals surface area contributed by atoms with Crippen molar-refractivity contribution in [2.45, 2.75) is 44.3 Å². The minimum absolute atomic E-state index is 0.0687. The van der Waals surface area contributed by atoms with Crippen molar-refractivity contribution in [3.63, 3.8) is 0 Å². The van der Waals surface area contributed by atoms with Crippen molar-refractivity contribution < 1.29 is 32.6 Å². The van der Waals surface area contributed by atoms with Crippen molar-refractivity contribution in [3.05, 3.63) is 75.0 Å². The molecule has 2 aliphatic rings.